The Morgan fingerprint density at radius 3 is 2.37 bits per heavy atom. The topological polar surface area (TPSA) is 58.4 Å². The highest BCUT2D eigenvalue weighted by atomic mass is 16.1. The summed E-state index contributed by atoms with van der Waals surface area (Å²) in [7, 11) is 1.83. The van der Waals surface area contributed by atoms with Crippen molar-refractivity contribution < 1.29 is 4.79 Å². The Bertz CT molecular complexity index is 854. The lowest BCUT2D eigenvalue weighted by atomic mass is 9.84. The van der Waals surface area contributed by atoms with Gasteiger partial charge in [0.25, 0.3) is 0 Å². The third kappa shape index (κ3) is 7.94. The molecule has 3 N–H and O–H groups in total. The normalized spacial score (nSPS) is 12.5. The summed E-state index contributed by atoms with van der Waals surface area (Å²) in [6, 6.07) is 6.49. The van der Waals surface area contributed by atoms with Crippen LogP contribution in [0.15, 0.2) is 60.7 Å². The number of carbonyl (C=O) groups excluding carboxylic acids is 1. The van der Waals surface area contributed by atoms with Crippen LogP contribution in [-0.4, -0.2) is 17.7 Å². The number of hydrogen-bond acceptors (Lipinski definition) is 4. The van der Waals surface area contributed by atoms with Crippen molar-refractivity contribution in [3.05, 3.63) is 77.4 Å². The van der Waals surface area contributed by atoms with E-state index in [-0.39, 0.29) is 11.2 Å². The van der Waals surface area contributed by atoms with Crippen molar-refractivity contribution in [1.82, 2.24) is 10.2 Å². The smallest absolute Gasteiger partial charge is 0.175 e. The molecule has 0 aliphatic carbocycles. The summed E-state index contributed by atoms with van der Waals surface area (Å²) in [5.41, 5.74) is 12.9. The number of ketones is 1. The Balaban J connectivity index is 2.76. The van der Waals surface area contributed by atoms with Gasteiger partial charge in [0, 0.05) is 44.5 Å². The van der Waals surface area contributed by atoms with Crippen LogP contribution >= 0.6 is 0 Å². The molecule has 1 rings (SSSR count). The molecule has 0 saturated heterocycles. The fourth-order valence-electron chi connectivity index (χ4n) is 3.31. The number of benzene rings is 1. The van der Waals surface area contributed by atoms with Crippen LogP contribution in [0.1, 0.15) is 64.2 Å². The number of nitrogens with one attached hydrogen (secondary N) is 1. The minimum atomic E-state index is -0.00630. The van der Waals surface area contributed by atoms with Gasteiger partial charge in [0.15, 0.2) is 5.78 Å². The maximum absolute atomic E-state index is 12.0. The van der Waals surface area contributed by atoms with Crippen molar-refractivity contribution in [1.29, 1.82) is 0 Å². The van der Waals surface area contributed by atoms with Crippen molar-refractivity contribution >= 4 is 11.4 Å². The van der Waals surface area contributed by atoms with E-state index >= 15 is 0 Å². The van der Waals surface area contributed by atoms with Gasteiger partial charge in [-0.05, 0) is 47.9 Å². The first kappa shape index (κ1) is 25.3. The highest BCUT2D eigenvalue weighted by molar-refractivity contribution is 5.92. The van der Waals surface area contributed by atoms with E-state index in [1.807, 2.05) is 20.0 Å². The Labute approximate surface area is 183 Å². The van der Waals surface area contributed by atoms with Gasteiger partial charge >= 0.3 is 0 Å². The standard InChI is InChI=1S/C26H39N3O/c1-18-14-23(11-12-24(18)19(2)15-26(6,7)8)17-28-20(3)10-13-25(22(5)30)29(9)21(4)16-27/h11-14,16,28H,2-3,10,15,17,27H2,1,4-9H3/b21-16-,25-13-. The van der Waals surface area contributed by atoms with Crippen molar-refractivity contribution in [2.45, 2.75) is 60.9 Å². The first-order valence-corrected chi connectivity index (χ1v) is 10.4. The molecule has 0 bridgehead atoms. The number of carbonyl (C=O) groups is 1. The van der Waals surface area contributed by atoms with Crippen LogP contribution in [-0.2, 0) is 11.3 Å². The molecule has 0 aromatic heterocycles. The summed E-state index contributed by atoms with van der Waals surface area (Å²) in [6.45, 7) is 21.3. The number of nitrogens with two attached hydrogens (primary N) is 1. The molecular formula is C26H39N3O. The Morgan fingerprint density at radius 2 is 1.87 bits per heavy atom. The largest absolute Gasteiger partial charge is 0.403 e. The van der Waals surface area contributed by atoms with E-state index in [0.29, 0.717) is 18.7 Å². The van der Waals surface area contributed by atoms with Crippen molar-refractivity contribution in [3.63, 3.8) is 0 Å². The molecule has 4 nitrogen and oxygen atoms in total. The van der Waals surface area contributed by atoms with E-state index < -0.39 is 0 Å². The third-order valence-corrected chi connectivity index (χ3v) is 4.99. The predicted molar refractivity (Wildman–Crippen MR) is 129 cm³/mol. The molecule has 0 radical (unpaired) electrons. The molecule has 0 aliphatic rings. The SMILES string of the molecule is C=C(C/C=C(/C(C)=O)N(C)/C(C)=C\N)NCc1ccc(C(=C)CC(C)(C)C)c(C)c1. The van der Waals surface area contributed by atoms with Gasteiger partial charge in [0.05, 0.1) is 5.70 Å². The molecule has 0 saturated carbocycles. The van der Waals surface area contributed by atoms with Crippen LogP contribution in [0.3, 0.4) is 0 Å². The summed E-state index contributed by atoms with van der Waals surface area (Å²) in [5.74, 6) is -0.00630. The summed E-state index contributed by atoms with van der Waals surface area (Å²) >= 11 is 0. The van der Waals surface area contributed by atoms with Crippen LogP contribution in [0.25, 0.3) is 5.57 Å². The molecule has 0 atom stereocenters. The van der Waals surface area contributed by atoms with Gasteiger partial charge < -0.3 is 16.0 Å². The fourth-order valence-corrected chi connectivity index (χ4v) is 3.31. The number of hydrogen-bond donors (Lipinski definition) is 2. The minimum absolute atomic E-state index is 0.00630. The van der Waals surface area contributed by atoms with Crippen molar-refractivity contribution in [2.75, 3.05) is 7.05 Å². The maximum Gasteiger partial charge on any atom is 0.175 e. The summed E-state index contributed by atoms with van der Waals surface area (Å²) in [5, 5.41) is 3.36. The molecule has 1 aromatic rings. The summed E-state index contributed by atoms with van der Waals surface area (Å²) in [4.78, 5) is 13.8. The van der Waals surface area contributed by atoms with Crippen LogP contribution in [0.5, 0.6) is 0 Å². The molecule has 0 spiro atoms. The number of allylic oxidation sites excluding steroid dienone is 4. The number of aryl methyl sites for hydroxylation is 1. The molecule has 0 aliphatic heterocycles. The first-order chi connectivity index (χ1) is 13.9. The van der Waals surface area contributed by atoms with E-state index in [9.17, 15) is 4.79 Å². The van der Waals surface area contributed by atoms with Gasteiger partial charge in [0.1, 0.15) is 0 Å². The molecule has 4 heteroatoms. The lowest BCUT2D eigenvalue weighted by molar-refractivity contribution is -0.114. The number of rotatable bonds is 10. The zero-order valence-corrected chi connectivity index (χ0v) is 19.9. The fraction of sp³-hybridized carbons (Fsp3) is 0.423. The van der Waals surface area contributed by atoms with E-state index in [2.05, 4.69) is 64.4 Å². The van der Waals surface area contributed by atoms with E-state index in [1.54, 1.807) is 11.8 Å². The van der Waals surface area contributed by atoms with Gasteiger partial charge in [-0.25, -0.2) is 0 Å². The molecule has 0 heterocycles. The predicted octanol–water partition coefficient (Wildman–Crippen LogP) is 5.66. The zero-order valence-electron chi connectivity index (χ0n) is 19.9. The van der Waals surface area contributed by atoms with Crippen molar-refractivity contribution in [2.24, 2.45) is 11.1 Å². The second-order valence-electron chi connectivity index (χ2n) is 9.16. The first-order valence-electron chi connectivity index (χ1n) is 10.4. The molecule has 30 heavy (non-hydrogen) atoms. The van der Waals surface area contributed by atoms with Gasteiger partial charge in [-0.2, -0.15) is 0 Å². The van der Waals surface area contributed by atoms with Crippen LogP contribution in [0.4, 0.5) is 0 Å². The lowest BCUT2D eigenvalue weighted by Crippen LogP contribution is -2.21. The second-order valence-corrected chi connectivity index (χ2v) is 9.16. The minimum Gasteiger partial charge on any atom is -0.403 e. The van der Waals surface area contributed by atoms with E-state index in [0.717, 1.165) is 17.8 Å². The highest BCUT2D eigenvalue weighted by Crippen LogP contribution is 2.30. The van der Waals surface area contributed by atoms with Crippen LogP contribution in [0.2, 0.25) is 0 Å². The molecule has 0 fully saturated rings. The monoisotopic (exact) mass is 409 g/mol. The molecule has 0 unspecified atom stereocenters. The number of Topliss-reactive ketones (excluding diaryl/α,β-unsaturated/α-hetero) is 1. The second kappa shape index (κ2) is 10.9. The summed E-state index contributed by atoms with van der Waals surface area (Å²) in [6.07, 6.45) is 4.92. The Kier molecular flexibility index (Phi) is 9.16. The lowest BCUT2D eigenvalue weighted by Gasteiger charge is -2.22. The van der Waals surface area contributed by atoms with Gasteiger partial charge in [-0.3, -0.25) is 4.79 Å². The quantitative estimate of drug-likeness (QED) is 0.489. The molecule has 164 valence electrons. The summed E-state index contributed by atoms with van der Waals surface area (Å²) < 4.78 is 0. The van der Waals surface area contributed by atoms with Gasteiger partial charge in [-0.15, -0.1) is 0 Å². The maximum atomic E-state index is 12.0. The van der Waals surface area contributed by atoms with Gasteiger partial charge in [-0.1, -0.05) is 58.2 Å². The molecule has 1 aromatic carbocycles. The molecular weight excluding hydrogens is 370 g/mol. The van der Waals surface area contributed by atoms with Crippen LogP contribution < -0.4 is 11.1 Å². The van der Waals surface area contributed by atoms with Crippen molar-refractivity contribution in [3.8, 4) is 0 Å². The van der Waals surface area contributed by atoms with E-state index in [1.165, 1.54) is 28.5 Å². The Hall–Kier alpha value is -2.75. The zero-order chi connectivity index (χ0) is 23.1. The Morgan fingerprint density at radius 1 is 1.23 bits per heavy atom. The number of likely N-dealkylation sites (N-methyl/N-ethyl adjacent to an activating group) is 1. The average Bonchev–Trinajstić information content (AvgIpc) is 2.63. The third-order valence-electron chi connectivity index (χ3n) is 4.99. The van der Waals surface area contributed by atoms with E-state index in [4.69, 9.17) is 5.73 Å². The average molecular weight is 410 g/mol. The highest BCUT2D eigenvalue weighted by Gasteiger charge is 2.14. The van der Waals surface area contributed by atoms with Crippen LogP contribution in [0, 0.1) is 12.3 Å². The number of nitrogens with zero attached hydrogens (tertiary/aromatic N) is 1. The molecule has 0 amide bonds. The van der Waals surface area contributed by atoms with Gasteiger partial charge in [0.2, 0.25) is 0 Å².